The molecule has 0 fully saturated rings. The molecule has 0 aliphatic carbocycles. The van der Waals surface area contributed by atoms with Crippen molar-refractivity contribution in [3.8, 4) is 11.8 Å². The minimum absolute atomic E-state index is 0.317. The van der Waals surface area contributed by atoms with E-state index >= 15 is 0 Å². The molecule has 0 aromatic heterocycles. The maximum absolute atomic E-state index is 12.9. The minimum Gasteiger partial charge on any atom is -0.427 e. The van der Waals surface area contributed by atoms with Gasteiger partial charge in [-0.1, -0.05) is 24.3 Å². The highest BCUT2D eigenvalue weighted by molar-refractivity contribution is 7.95. The molecule has 0 aliphatic heterocycles. The summed E-state index contributed by atoms with van der Waals surface area (Å²) < 4.78 is 42.5. The molecule has 0 heterocycles. The number of allylic oxidation sites excluding steroid dienone is 1. The molecule has 0 bridgehead atoms. The second-order valence-corrected chi connectivity index (χ2v) is 7.13. The smallest absolute Gasteiger partial charge is 0.308 e. The fourth-order valence-corrected chi connectivity index (χ4v) is 3.26. The Hall–Kier alpha value is -2.98. The van der Waals surface area contributed by atoms with E-state index in [4.69, 9.17) is 4.74 Å². The van der Waals surface area contributed by atoms with E-state index in [9.17, 15) is 22.9 Å². The van der Waals surface area contributed by atoms with E-state index in [1.54, 1.807) is 6.07 Å². The van der Waals surface area contributed by atoms with Crippen LogP contribution in [0.3, 0.4) is 0 Å². The van der Waals surface area contributed by atoms with Crippen molar-refractivity contribution >= 4 is 21.9 Å². The van der Waals surface area contributed by atoms with E-state index in [0.29, 0.717) is 16.9 Å². The lowest BCUT2D eigenvalue weighted by Gasteiger charge is -2.04. The first-order chi connectivity index (χ1) is 11.8. The molecule has 128 valence electrons. The number of hydrogen-bond acceptors (Lipinski definition) is 5. The molecule has 0 aliphatic rings. The number of carbonyl (C=O) groups excluding carboxylic acids is 1. The van der Waals surface area contributed by atoms with E-state index < -0.39 is 32.3 Å². The second kappa shape index (κ2) is 7.73. The topological polar surface area (TPSA) is 84.2 Å². The molecule has 0 atom stereocenters. The molecule has 25 heavy (non-hydrogen) atoms. The van der Waals surface area contributed by atoms with Crippen LogP contribution in [0.5, 0.6) is 5.75 Å². The molecule has 0 saturated carbocycles. The monoisotopic (exact) mass is 359 g/mol. The Morgan fingerprint density at radius 1 is 1.16 bits per heavy atom. The van der Waals surface area contributed by atoms with Crippen molar-refractivity contribution in [2.24, 2.45) is 0 Å². The molecule has 2 rings (SSSR count). The zero-order valence-electron chi connectivity index (χ0n) is 13.3. The van der Waals surface area contributed by atoms with Gasteiger partial charge in [-0.15, -0.1) is 0 Å². The van der Waals surface area contributed by atoms with Crippen molar-refractivity contribution in [2.45, 2.75) is 12.7 Å². The van der Waals surface area contributed by atoms with Gasteiger partial charge in [-0.05, 0) is 41.5 Å². The highest BCUT2D eigenvalue weighted by Gasteiger charge is 2.18. The third kappa shape index (κ3) is 5.26. The Morgan fingerprint density at radius 3 is 2.28 bits per heavy atom. The second-order valence-electron chi connectivity index (χ2n) is 5.17. The van der Waals surface area contributed by atoms with Gasteiger partial charge in [0.2, 0.25) is 0 Å². The summed E-state index contributed by atoms with van der Waals surface area (Å²) in [4.78, 5) is 10.5. The summed E-state index contributed by atoms with van der Waals surface area (Å²) in [5, 5.41) is 9.19. The number of nitrogens with zero attached hydrogens (tertiary/aromatic N) is 1. The van der Waals surface area contributed by atoms with E-state index in [-0.39, 0.29) is 0 Å². The minimum atomic E-state index is -3.87. The standard InChI is InChI=1S/C18H14FNO4S/c1-13(21)24-17-8-4-14(5-9-17)10-18(11-20)25(22,23)12-15-2-6-16(19)7-3-15/h2-10H,12H2,1H3/b18-10-. The predicted octanol–water partition coefficient (Wildman–Crippen LogP) is 3.23. The Balaban J connectivity index is 2.24. The lowest BCUT2D eigenvalue weighted by atomic mass is 10.2. The van der Waals surface area contributed by atoms with Crippen LogP contribution in [0.2, 0.25) is 0 Å². The van der Waals surface area contributed by atoms with Crippen LogP contribution < -0.4 is 4.74 Å². The molecule has 0 saturated heterocycles. The van der Waals surface area contributed by atoms with Crippen molar-refractivity contribution in [2.75, 3.05) is 0 Å². The Morgan fingerprint density at radius 2 is 1.76 bits per heavy atom. The highest BCUT2D eigenvalue weighted by Crippen LogP contribution is 2.19. The molecule has 7 heteroatoms. The van der Waals surface area contributed by atoms with Crippen LogP contribution in [-0.2, 0) is 20.4 Å². The van der Waals surface area contributed by atoms with Crippen LogP contribution in [0.4, 0.5) is 4.39 Å². The third-order valence-electron chi connectivity index (χ3n) is 3.15. The number of esters is 1. The number of rotatable bonds is 5. The van der Waals surface area contributed by atoms with Gasteiger partial charge >= 0.3 is 5.97 Å². The lowest BCUT2D eigenvalue weighted by molar-refractivity contribution is -0.131. The van der Waals surface area contributed by atoms with Crippen LogP contribution in [-0.4, -0.2) is 14.4 Å². The van der Waals surface area contributed by atoms with Gasteiger partial charge in [0, 0.05) is 6.92 Å². The number of benzene rings is 2. The van der Waals surface area contributed by atoms with Crippen LogP contribution in [0.15, 0.2) is 53.4 Å². The van der Waals surface area contributed by atoms with Gasteiger partial charge in [0.1, 0.15) is 22.5 Å². The zero-order chi connectivity index (χ0) is 18.4. The quantitative estimate of drug-likeness (QED) is 0.465. The number of ether oxygens (including phenoxy) is 1. The summed E-state index contributed by atoms with van der Waals surface area (Å²) in [6, 6.07) is 12.8. The molecule has 2 aromatic rings. The van der Waals surface area contributed by atoms with Gasteiger partial charge in [-0.25, -0.2) is 12.8 Å². The van der Waals surface area contributed by atoms with Crippen LogP contribution in [0.25, 0.3) is 6.08 Å². The van der Waals surface area contributed by atoms with Gasteiger partial charge in [-0.3, -0.25) is 4.79 Å². The van der Waals surface area contributed by atoms with Crippen molar-refractivity contribution in [1.29, 1.82) is 5.26 Å². The number of halogens is 1. The maximum atomic E-state index is 12.9. The van der Waals surface area contributed by atoms with Gasteiger partial charge in [-0.2, -0.15) is 5.26 Å². The normalized spacial score (nSPS) is 11.6. The van der Waals surface area contributed by atoms with Gasteiger partial charge in [0.05, 0.1) is 5.75 Å². The number of nitriles is 1. The largest absolute Gasteiger partial charge is 0.427 e. The van der Waals surface area contributed by atoms with E-state index in [0.717, 1.165) is 12.1 Å². The van der Waals surface area contributed by atoms with Crippen molar-refractivity contribution < 1.29 is 22.3 Å². The average molecular weight is 359 g/mol. The number of sulfone groups is 1. The van der Waals surface area contributed by atoms with Crippen LogP contribution in [0.1, 0.15) is 18.1 Å². The molecule has 0 amide bonds. The number of hydrogen-bond donors (Lipinski definition) is 0. The summed E-state index contributed by atoms with van der Waals surface area (Å²) in [6.07, 6.45) is 1.23. The number of carbonyl (C=O) groups is 1. The molecule has 5 nitrogen and oxygen atoms in total. The maximum Gasteiger partial charge on any atom is 0.308 e. The first-order valence-corrected chi connectivity index (χ1v) is 8.83. The van der Waals surface area contributed by atoms with E-state index in [1.807, 2.05) is 0 Å². The van der Waals surface area contributed by atoms with Crippen molar-refractivity contribution in [3.05, 3.63) is 70.4 Å². The summed E-state index contributed by atoms with van der Waals surface area (Å²) in [5.74, 6) is -1.02. The first-order valence-electron chi connectivity index (χ1n) is 7.17. The summed E-state index contributed by atoms with van der Waals surface area (Å²) in [7, 11) is -3.87. The Kier molecular flexibility index (Phi) is 5.67. The fourth-order valence-electron chi connectivity index (χ4n) is 2.02. The third-order valence-corrected chi connectivity index (χ3v) is 4.75. The summed E-state index contributed by atoms with van der Waals surface area (Å²) in [5.41, 5.74) is 0.850. The van der Waals surface area contributed by atoms with E-state index in [2.05, 4.69) is 0 Å². The van der Waals surface area contributed by atoms with Crippen LogP contribution >= 0.6 is 0 Å². The average Bonchev–Trinajstić information content (AvgIpc) is 2.55. The van der Waals surface area contributed by atoms with Gasteiger partial charge in [0.15, 0.2) is 9.84 Å². The molecule has 0 spiro atoms. The SMILES string of the molecule is CC(=O)Oc1ccc(/C=C(/C#N)S(=O)(=O)Cc2ccc(F)cc2)cc1. The molecule has 0 radical (unpaired) electrons. The first kappa shape index (κ1) is 18.4. The highest BCUT2D eigenvalue weighted by atomic mass is 32.2. The molecule has 2 aromatic carbocycles. The summed E-state index contributed by atoms with van der Waals surface area (Å²) >= 11 is 0. The Labute approximate surface area is 144 Å². The Bertz CT molecular complexity index is 940. The predicted molar refractivity (Wildman–Crippen MR) is 90.4 cm³/mol. The fraction of sp³-hybridized carbons (Fsp3) is 0.111. The van der Waals surface area contributed by atoms with Crippen molar-refractivity contribution in [1.82, 2.24) is 0 Å². The van der Waals surface area contributed by atoms with Gasteiger partial charge in [0.25, 0.3) is 0 Å². The van der Waals surface area contributed by atoms with Crippen molar-refractivity contribution in [3.63, 3.8) is 0 Å². The lowest BCUT2D eigenvalue weighted by Crippen LogP contribution is -2.06. The molecular weight excluding hydrogens is 345 g/mol. The molecular formula is C18H14FNO4S. The molecule has 0 unspecified atom stereocenters. The van der Waals surface area contributed by atoms with E-state index in [1.165, 1.54) is 49.4 Å². The van der Waals surface area contributed by atoms with Crippen LogP contribution in [0, 0.1) is 17.1 Å². The summed E-state index contributed by atoms with van der Waals surface area (Å²) in [6.45, 7) is 1.27. The molecule has 0 N–H and O–H groups in total. The van der Waals surface area contributed by atoms with Gasteiger partial charge < -0.3 is 4.74 Å². The zero-order valence-corrected chi connectivity index (χ0v) is 14.1.